The summed E-state index contributed by atoms with van der Waals surface area (Å²) in [5.74, 6) is -37.9. The number of carbonyl (C=O) groups excluding carboxylic acids is 6. The summed E-state index contributed by atoms with van der Waals surface area (Å²) in [4.78, 5) is 80.9. The van der Waals surface area contributed by atoms with Crippen LogP contribution in [0.3, 0.4) is 0 Å². The number of hydrogen-bond donors (Lipinski definition) is 20. The molecule has 4 aliphatic heterocycles. The van der Waals surface area contributed by atoms with Crippen molar-refractivity contribution in [3.8, 4) is 63.1 Å². The molecule has 0 radical (unpaired) electrons. The summed E-state index contributed by atoms with van der Waals surface area (Å²) < 4.78 is 12.3. The predicted molar refractivity (Wildman–Crippen MR) is 279 cm³/mol. The second-order valence-electron chi connectivity index (χ2n) is 20.2. The van der Waals surface area contributed by atoms with Crippen LogP contribution in [0.4, 0.5) is 28.4 Å². The molecule has 6 amide bonds. The summed E-state index contributed by atoms with van der Waals surface area (Å²) >= 11 is 0. The molecule has 2 aromatic heterocycles. The van der Waals surface area contributed by atoms with E-state index >= 15 is 0 Å². The molecule has 6 heterocycles. The molecule has 0 aliphatic carbocycles. The molecular weight excluding hydrogens is 1150 g/mol. The van der Waals surface area contributed by atoms with Crippen LogP contribution in [0, 0.1) is 5.92 Å². The van der Waals surface area contributed by atoms with Crippen molar-refractivity contribution in [2.75, 3.05) is 52.1 Å². The summed E-state index contributed by atoms with van der Waals surface area (Å²) in [6.45, 7) is -3.53. The number of methoxy groups -OCH3 is 1. The number of hydrogen-bond acceptors (Lipinski definition) is 28. The third-order valence-electron chi connectivity index (χ3n) is 14.8. The van der Waals surface area contributed by atoms with Gasteiger partial charge in [-0.2, -0.15) is 10.2 Å². The average Bonchev–Trinajstić information content (AvgIpc) is 1.30. The van der Waals surface area contributed by atoms with Gasteiger partial charge >= 0.3 is 0 Å². The molecule has 23 N–H and O–H groups in total. The van der Waals surface area contributed by atoms with Crippen LogP contribution in [0.25, 0.3) is 11.4 Å². The quantitative estimate of drug-likeness (QED) is 0.0237. The number of nitrogens with two attached hydrogens (primary N) is 3. The number of nitrogen functional groups attached to an aromatic ring is 1. The summed E-state index contributed by atoms with van der Waals surface area (Å²) in [6.07, 6.45) is -2.97. The van der Waals surface area contributed by atoms with E-state index in [0.717, 1.165) is 28.9 Å². The minimum Gasteiger partial charge on any atom is -0.504 e. The number of aromatic hydroxyl groups is 7. The Labute approximate surface area is 477 Å². The van der Waals surface area contributed by atoms with Crippen molar-refractivity contribution < 1.29 is 125 Å². The number of rotatable bonds is 12. The number of piperidine rings is 2. The summed E-state index contributed by atoms with van der Waals surface area (Å²) in [7, 11) is 1.35. The molecule has 0 bridgehead atoms. The number of phenolic OH excluding ortho intramolecular Hbond substituents is 7. The Hall–Kier alpha value is -10.3. The lowest BCUT2D eigenvalue weighted by atomic mass is 9.92. The number of phenols is 7. The molecule has 4 aliphatic rings. The number of benzene rings is 4. The molecule has 1 unspecified atom stereocenters. The minimum atomic E-state index is -3.50. The number of anilines is 5. The van der Waals surface area contributed by atoms with Gasteiger partial charge in [0.15, 0.2) is 51.6 Å². The normalized spacial score (nSPS) is 19.3. The van der Waals surface area contributed by atoms with E-state index in [1.807, 2.05) is 0 Å². The zero-order chi connectivity index (χ0) is 63.1. The number of carbonyl (C=O) groups is 6. The van der Waals surface area contributed by atoms with Crippen LogP contribution in [-0.4, -0.2) is 186 Å². The fraction of sp³-hybridized carbons (Fsp3) is 0.280. The van der Waals surface area contributed by atoms with E-state index in [2.05, 4.69) is 10.2 Å². The second kappa shape index (κ2) is 19.7. The predicted octanol–water partition coefficient (Wildman–Crippen LogP) is -4.71. The number of aromatic nitrogens is 4. The summed E-state index contributed by atoms with van der Waals surface area (Å²) in [5, 5.41) is 198. The van der Waals surface area contributed by atoms with E-state index in [-0.39, 0.29) is 36.7 Å². The molecule has 0 spiro atoms. The molecule has 2 fully saturated rings. The van der Waals surface area contributed by atoms with Gasteiger partial charge in [-0.25, -0.2) is 14.3 Å². The smallest absolute Gasteiger partial charge is 0.291 e. The SMILES string of the molecule is COc1ccc(-n2nc(C(N)=O)c3c2C(=O)N(c2c(O)c(O)c(N4C(=O)CCC(COc5ccc(-n6nc(C(N)=O)c7c6C(=O)N(c6c(O)c(N)c(N8C(=O)C(O)(O)CCC8(O)O)c(O)c6O)CC7(O)O)cc5)C4(O)O)c(O)c2O)CC3(O)O)cc1. The Morgan fingerprint density at radius 3 is 1.43 bits per heavy atom. The Kier molecular flexibility index (Phi) is 13.5. The number of amides is 6. The van der Waals surface area contributed by atoms with Crippen molar-refractivity contribution in [1.29, 1.82) is 0 Å². The maximum Gasteiger partial charge on any atom is 0.291 e. The van der Waals surface area contributed by atoms with Crippen LogP contribution in [-0.2, 0) is 21.2 Å². The van der Waals surface area contributed by atoms with E-state index in [1.54, 1.807) is 0 Å². The van der Waals surface area contributed by atoms with Crippen molar-refractivity contribution in [3.05, 3.63) is 82.4 Å². The van der Waals surface area contributed by atoms with Crippen LogP contribution in [0.5, 0.6) is 51.7 Å². The van der Waals surface area contributed by atoms with Crippen molar-refractivity contribution in [1.82, 2.24) is 19.6 Å². The van der Waals surface area contributed by atoms with Crippen LogP contribution in [0.15, 0.2) is 48.5 Å². The van der Waals surface area contributed by atoms with Gasteiger partial charge in [-0.15, -0.1) is 0 Å². The van der Waals surface area contributed by atoms with Crippen molar-refractivity contribution >= 4 is 63.9 Å². The molecule has 1 atom stereocenters. The summed E-state index contributed by atoms with van der Waals surface area (Å²) in [6, 6.07) is 10.0. The Morgan fingerprint density at radius 2 is 0.988 bits per heavy atom. The van der Waals surface area contributed by atoms with Crippen molar-refractivity contribution in [3.63, 3.8) is 0 Å². The molecule has 454 valence electrons. The number of nitrogens with zero attached hydrogens (tertiary/aromatic N) is 8. The molecule has 2 saturated heterocycles. The highest BCUT2D eigenvalue weighted by Gasteiger charge is 2.57. The number of β-amino-alcohol motifs (C(OH)–C–C–N with tert-alkyl or cyclic N) is 4. The van der Waals surface area contributed by atoms with E-state index in [1.165, 1.54) is 31.4 Å². The first-order valence-electron chi connectivity index (χ1n) is 24.9. The van der Waals surface area contributed by atoms with Crippen LogP contribution >= 0.6 is 0 Å². The van der Waals surface area contributed by atoms with Gasteiger partial charge in [0.1, 0.15) is 51.3 Å². The standard InChI is InChI=1S/C50H49N11O25/c1-85-20-7-3-18(4-8-20)60-29-24(27(54-60)42(53)71)48(79,80)16-57(44(29)73)32-37(66)39(68)33(40(69)38(32)67)58-22(62)11-2-17(50(58,83)84)14-86-21-9-5-19(6-10-21)61-28-23(26(55-61)41(52)70)47(77,78)15-56(43(28)72)31-34(63)25(51)30(35(64)36(31)65)59-45(74)46(75,76)12-13-49(59,81)82/h3-10,17,63-69,75-84H,2,11-16,51H2,1H3,(H2,52,70)(H2,53,71). The van der Waals surface area contributed by atoms with Crippen molar-refractivity contribution in [2.45, 2.75) is 54.9 Å². The van der Waals surface area contributed by atoms with E-state index in [9.17, 15) is 116 Å². The highest BCUT2D eigenvalue weighted by molar-refractivity contribution is 6.15. The number of primary amides is 2. The van der Waals surface area contributed by atoms with Gasteiger partial charge in [0, 0.05) is 19.3 Å². The lowest BCUT2D eigenvalue weighted by Crippen LogP contribution is -2.64. The van der Waals surface area contributed by atoms with Crippen LogP contribution in [0.2, 0.25) is 0 Å². The maximum absolute atomic E-state index is 14.5. The Bertz CT molecular complexity index is 3870. The van der Waals surface area contributed by atoms with Crippen LogP contribution in [0.1, 0.15) is 78.8 Å². The minimum absolute atomic E-state index is 0.00972. The van der Waals surface area contributed by atoms with Gasteiger partial charge in [0.25, 0.3) is 41.4 Å². The maximum atomic E-state index is 14.5. The average molecular weight is 1200 g/mol. The van der Waals surface area contributed by atoms with Gasteiger partial charge in [-0.05, 0) is 55.0 Å². The topological polar surface area (TPSA) is 591 Å². The monoisotopic (exact) mass is 1200 g/mol. The lowest BCUT2D eigenvalue weighted by molar-refractivity contribution is -0.237. The number of aliphatic hydroxyl groups is 10. The molecule has 36 heteroatoms. The summed E-state index contributed by atoms with van der Waals surface area (Å²) in [5.41, 5.74) is 5.36. The molecule has 86 heavy (non-hydrogen) atoms. The zero-order valence-electron chi connectivity index (χ0n) is 43.8. The first-order valence-corrected chi connectivity index (χ1v) is 24.9. The van der Waals surface area contributed by atoms with Crippen LogP contribution < -0.4 is 46.3 Å². The highest BCUT2D eigenvalue weighted by Crippen LogP contribution is 2.60. The van der Waals surface area contributed by atoms with Gasteiger partial charge in [0.2, 0.25) is 23.3 Å². The van der Waals surface area contributed by atoms with Gasteiger partial charge < -0.3 is 113 Å². The van der Waals surface area contributed by atoms with E-state index in [0.29, 0.717) is 10.4 Å². The van der Waals surface area contributed by atoms with E-state index in [4.69, 9.17) is 26.7 Å². The lowest BCUT2D eigenvalue weighted by Gasteiger charge is -2.44. The van der Waals surface area contributed by atoms with Gasteiger partial charge in [-0.3, -0.25) is 43.5 Å². The fourth-order valence-electron chi connectivity index (χ4n) is 10.6. The number of ether oxygens (including phenoxy) is 2. The fourth-order valence-corrected chi connectivity index (χ4v) is 10.6. The molecule has 0 saturated carbocycles. The molecule has 4 aromatic carbocycles. The van der Waals surface area contributed by atoms with Gasteiger partial charge in [-0.1, -0.05) is 0 Å². The van der Waals surface area contributed by atoms with Gasteiger partial charge in [0.05, 0.1) is 55.2 Å². The third-order valence-corrected chi connectivity index (χ3v) is 14.8. The zero-order valence-corrected chi connectivity index (χ0v) is 43.8. The Balaban J connectivity index is 0.931. The third kappa shape index (κ3) is 8.78. The second-order valence-corrected chi connectivity index (χ2v) is 20.2. The number of fused-ring (bicyclic) bond motifs is 2. The molecule has 6 aromatic rings. The van der Waals surface area contributed by atoms with E-state index < -0.39 is 219 Å². The van der Waals surface area contributed by atoms with Crippen molar-refractivity contribution in [2.24, 2.45) is 17.4 Å². The Morgan fingerprint density at radius 1 is 0.570 bits per heavy atom. The first kappa shape index (κ1) is 58.9. The largest absolute Gasteiger partial charge is 0.504 e. The first-order chi connectivity index (χ1) is 40.0. The molecule has 36 nitrogen and oxygen atoms in total. The molecular formula is C50H49N11O25. The highest BCUT2D eigenvalue weighted by atomic mass is 16.6. The molecule has 10 rings (SSSR count).